The Labute approximate surface area is 171 Å². The molecule has 0 saturated heterocycles. The predicted octanol–water partition coefficient (Wildman–Crippen LogP) is 7.96. The molecule has 0 fully saturated rings. The van der Waals surface area contributed by atoms with Gasteiger partial charge in [0.15, 0.2) is 23.2 Å². The number of benzene rings is 2. The van der Waals surface area contributed by atoms with Crippen molar-refractivity contribution in [3.8, 4) is 16.9 Å². The average molecular weight is 428 g/mol. The second-order valence-electron chi connectivity index (χ2n) is 7.55. The minimum absolute atomic E-state index is 0.0365. The van der Waals surface area contributed by atoms with E-state index in [9.17, 15) is 26.3 Å². The normalized spacial score (nSPS) is 17.1. The molecule has 30 heavy (non-hydrogen) atoms. The molecule has 0 aromatic heterocycles. The number of ether oxygens (including phenoxy) is 1. The van der Waals surface area contributed by atoms with Gasteiger partial charge in [-0.2, -0.15) is 0 Å². The Morgan fingerprint density at radius 3 is 2.17 bits per heavy atom. The molecule has 0 radical (unpaired) electrons. The van der Waals surface area contributed by atoms with Crippen LogP contribution in [-0.4, -0.2) is 6.36 Å². The Bertz CT molecular complexity index is 961. The van der Waals surface area contributed by atoms with Gasteiger partial charge >= 0.3 is 6.36 Å². The maximum Gasteiger partial charge on any atom is 0.573 e. The third-order valence-electron chi connectivity index (χ3n) is 5.51. The highest BCUT2D eigenvalue weighted by Gasteiger charge is 2.33. The van der Waals surface area contributed by atoms with Crippen molar-refractivity contribution >= 4 is 5.57 Å². The summed E-state index contributed by atoms with van der Waals surface area (Å²) >= 11 is 0. The fourth-order valence-electron chi connectivity index (χ4n) is 3.96. The van der Waals surface area contributed by atoms with Crippen LogP contribution < -0.4 is 4.74 Å². The maximum absolute atomic E-state index is 14.8. The minimum atomic E-state index is -5.06. The number of rotatable bonds is 5. The molecule has 0 aliphatic heterocycles. The van der Waals surface area contributed by atoms with Crippen LogP contribution in [0.2, 0.25) is 0 Å². The van der Waals surface area contributed by atoms with Crippen molar-refractivity contribution in [2.75, 3.05) is 0 Å². The van der Waals surface area contributed by atoms with Gasteiger partial charge in [0.2, 0.25) is 0 Å². The number of halogens is 6. The third kappa shape index (κ3) is 4.65. The molecule has 1 unspecified atom stereocenters. The van der Waals surface area contributed by atoms with Gasteiger partial charge in [0.1, 0.15) is 0 Å². The number of hydrogen-bond donors (Lipinski definition) is 0. The van der Waals surface area contributed by atoms with Gasteiger partial charge in [0.05, 0.1) is 0 Å². The van der Waals surface area contributed by atoms with Crippen molar-refractivity contribution in [3.63, 3.8) is 0 Å². The van der Waals surface area contributed by atoms with E-state index in [-0.39, 0.29) is 22.3 Å². The smallest absolute Gasteiger partial charge is 0.403 e. The van der Waals surface area contributed by atoms with Crippen LogP contribution >= 0.6 is 0 Å². The molecule has 0 N–H and O–H groups in total. The quantitative estimate of drug-likeness (QED) is 0.439. The highest BCUT2D eigenvalue weighted by Crippen LogP contribution is 2.38. The summed E-state index contributed by atoms with van der Waals surface area (Å²) in [5.74, 6) is -3.94. The topological polar surface area (TPSA) is 9.23 Å². The summed E-state index contributed by atoms with van der Waals surface area (Å²) in [6.45, 7) is 3.30. The monoisotopic (exact) mass is 428 g/mol. The SMILES string of the molecule is CCCC1CC=C(c2ccc(-c3ccc(OC(F)(F)F)c(F)c3C)c(F)c2F)CC1. The van der Waals surface area contributed by atoms with E-state index in [2.05, 4.69) is 11.7 Å². The maximum atomic E-state index is 14.8. The van der Waals surface area contributed by atoms with Crippen LogP contribution in [-0.2, 0) is 0 Å². The van der Waals surface area contributed by atoms with Crippen molar-refractivity contribution in [2.24, 2.45) is 5.92 Å². The van der Waals surface area contributed by atoms with Crippen molar-refractivity contribution in [2.45, 2.75) is 52.3 Å². The van der Waals surface area contributed by atoms with E-state index < -0.39 is 29.6 Å². The summed E-state index contributed by atoms with van der Waals surface area (Å²) in [4.78, 5) is 0. The van der Waals surface area contributed by atoms with Gasteiger partial charge in [-0.3, -0.25) is 0 Å². The fourth-order valence-corrected chi connectivity index (χ4v) is 3.96. The van der Waals surface area contributed by atoms with Crippen LogP contribution in [0.15, 0.2) is 30.3 Å². The van der Waals surface area contributed by atoms with Crippen molar-refractivity contribution in [3.05, 3.63) is 58.9 Å². The molecule has 2 aromatic rings. The summed E-state index contributed by atoms with van der Waals surface area (Å²) in [5, 5.41) is 0. The fraction of sp³-hybridized carbons (Fsp3) is 0.391. The molecule has 0 bridgehead atoms. The van der Waals surface area contributed by atoms with Crippen LogP contribution in [0.3, 0.4) is 0 Å². The van der Waals surface area contributed by atoms with Gasteiger partial charge in [-0.1, -0.05) is 44.0 Å². The van der Waals surface area contributed by atoms with E-state index in [1.165, 1.54) is 19.1 Å². The Kier molecular flexibility index (Phi) is 6.48. The van der Waals surface area contributed by atoms with Crippen LogP contribution in [0.5, 0.6) is 5.75 Å². The first-order valence-electron chi connectivity index (χ1n) is 9.85. The van der Waals surface area contributed by atoms with Gasteiger partial charge in [-0.25, -0.2) is 13.2 Å². The molecule has 0 saturated carbocycles. The Balaban J connectivity index is 1.94. The summed E-state index contributed by atoms with van der Waals surface area (Å²) in [5.41, 5.74) is 0.391. The van der Waals surface area contributed by atoms with Gasteiger partial charge in [-0.15, -0.1) is 13.2 Å². The van der Waals surface area contributed by atoms with Crippen molar-refractivity contribution in [1.82, 2.24) is 0 Å². The molecule has 0 amide bonds. The van der Waals surface area contributed by atoms with Crippen LogP contribution in [0.1, 0.15) is 50.2 Å². The lowest BCUT2D eigenvalue weighted by atomic mass is 9.84. The van der Waals surface area contributed by atoms with E-state index in [0.717, 1.165) is 43.4 Å². The Hall–Kier alpha value is -2.44. The number of allylic oxidation sites excluding steroid dienone is 2. The third-order valence-corrected chi connectivity index (χ3v) is 5.51. The van der Waals surface area contributed by atoms with Crippen molar-refractivity contribution < 1.29 is 31.1 Å². The molecule has 0 heterocycles. The van der Waals surface area contributed by atoms with Gasteiger partial charge in [0.25, 0.3) is 0 Å². The predicted molar refractivity (Wildman–Crippen MR) is 103 cm³/mol. The second kappa shape index (κ2) is 8.74. The van der Waals surface area contributed by atoms with E-state index in [4.69, 9.17) is 0 Å². The van der Waals surface area contributed by atoms with E-state index in [1.807, 2.05) is 6.08 Å². The highest BCUT2D eigenvalue weighted by molar-refractivity contribution is 5.74. The molecule has 1 aliphatic rings. The highest BCUT2D eigenvalue weighted by atomic mass is 19.4. The average Bonchev–Trinajstić information content (AvgIpc) is 2.68. The zero-order chi connectivity index (χ0) is 22.1. The summed E-state index contributed by atoms with van der Waals surface area (Å²) in [6.07, 6.45) is 1.43. The molecular weight excluding hydrogens is 406 g/mol. The second-order valence-corrected chi connectivity index (χ2v) is 7.55. The molecule has 1 atom stereocenters. The largest absolute Gasteiger partial charge is 0.573 e. The lowest BCUT2D eigenvalue weighted by Gasteiger charge is -2.22. The molecule has 2 aromatic carbocycles. The van der Waals surface area contributed by atoms with E-state index in [0.29, 0.717) is 12.3 Å². The molecule has 162 valence electrons. The zero-order valence-electron chi connectivity index (χ0n) is 16.7. The standard InChI is InChI=1S/C23H22F6O/c1-3-4-14-5-7-15(8-6-14)17-9-10-18(22(26)21(17)25)16-11-12-19(20(24)13(16)2)30-23(27,28)29/h7,9-12,14H,3-6,8H2,1-2H3. The Morgan fingerprint density at radius 1 is 0.933 bits per heavy atom. The minimum Gasteiger partial charge on any atom is -0.403 e. The summed E-state index contributed by atoms with van der Waals surface area (Å²) in [6, 6.07) is 4.62. The first-order valence-corrected chi connectivity index (χ1v) is 9.85. The summed E-state index contributed by atoms with van der Waals surface area (Å²) < 4.78 is 84.8. The molecule has 7 heteroatoms. The molecular formula is C23H22F6O. The van der Waals surface area contributed by atoms with Crippen LogP contribution in [0.4, 0.5) is 26.3 Å². The first-order chi connectivity index (χ1) is 14.1. The lowest BCUT2D eigenvalue weighted by Crippen LogP contribution is -2.18. The van der Waals surface area contributed by atoms with Gasteiger partial charge < -0.3 is 4.74 Å². The zero-order valence-corrected chi connectivity index (χ0v) is 16.7. The Morgan fingerprint density at radius 2 is 1.57 bits per heavy atom. The number of alkyl halides is 3. The molecule has 1 nitrogen and oxygen atoms in total. The van der Waals surface area contributed by atoms with Gasteiger partial charge in [-0.05, 0) is 54.9 Å². The molecule has 3 rings (SSSR count). The molecule has 0 spiro atoms. The lowest BCUT2D eigenvalue weighted by molar-refractivity contribution is -0.275. The number of hydrogen-bond acceptors (Lipinski definition) is 1. The summed E-state index contributed by atoms with van der Waals surface area (Å²) in [7, 11) is 0. The van der Waals surface area contributed by atoms with Gasteiger partial charge in [0, 0.05) is 11.1 Å². The first kappa shape index (κ1) is 22.2. The molecule has 1 aliphatic carbocycles. The van der Waals surface area contributed by atoms with E-state index in [1.54, 1.807) is 0 Å². The van der Waals surface area contributed by atoms with Crippen molar-refractivity contribution in [1.29, 1.82) is 0 Å². The van der Waals surface area contributed by atoms with Crippen LogP contribution in [0.25, 0.3) is 16.7 Å². The van der Waals surface area contributed by atoms with E-state index >= 15 is 0 Å². The van der Waals surface area contributed by atoms with Crippen LogP contribution in [0, 0.1) is 30.3 Å².